The van der Waals surface area contributed by atoms with E-state index in [1.54, 1.807) is 0 Å². The van der Waals surface area contributed by atoms with Gasteiger partial charge in [-0.25, -0.2) is 0 Å². The molecule has 2 aliphatic rings. The molecule has 0 aliphatic heterocycles. The van der Waals surface area contributed by atoms with Crippen LogP contribution in [0.25, 0.3) is 0 Å². The minimum atomic E-state index is -0.168. The van der Waals surface area contributed by atoms with Gasteiger partial charge in [-0.2, -0.15) is 0 Å². The lowest BCUT2D eigenvalue weighted by Gasteiger charge is -2.27. The quantitative estimate of drug-likeness (QED) is 0.769. The van der Waals surface area contributed by atoms with E-state index in [1.807, 2.05) is 0 Å². The molecular formula is C12H20N2O2. The highest BCUT2D eigenvalue weighted by Crippen LogP contribution is 2.48. The molecule has 2 rings (SSSR count). The van der Waals surface area contributed by atoms with Crippen molar-refractivity contribution in [2.75, 3.05) is 13.1 Å². The summed E-state index contributed by atoms with van der Waals surface area (Å²) in [5.74, 6) is 1.19. The van der Waals surface area contributed by atoms with E-state index in [9.17, 15) is 9.59 Å². The average Bonchev–Trinajstić information content (AvgIpc) is 2.86. The van der Waals surface area contributed by atoms with E-state index in [0.29, 0.717) is 19.0 Å². The fourth-order valence-electron chi connectivity index (χ4n) is 3.30. The molecule has 90 valence electrons. The normalized spacial score (nSPS) is 31.8. The Morgan fingerprint density at radius 1 is 1.31 bits per heavy atom. The fraction of sp³-hybridized carbons (Fsp3) is 0.833. The van der Waals surface area contributed by atoms with E-state index in [2.05, 4.69) is 0 Å². The summed E-state index contributed by atoms with van der Waals surface area (Å²) in [6.45, 7) is 2.16. The molecule has 0 spiro atoms. The minimum absolute atomic E-state index is 0.0187. The molecule has 0 saturated heterocycles. The number of carbonyl (C=O) groups is 2. The molecule has 3 unspecified atom stereocenters. The molecule has 0 aromatic rings. The van der Waals surface area contributed by atoms with Crippen LogP contribution in [0.5, 0.6) is 0 Å². The maximum absolute atomic E-state index is 12.2. The molecule has 2 fully saturated rings. The Balaban J connectivity index is 2.02. The van der Waals surface area contributed by atoms with E-state index < -0.39 is 0 Å². The average molecular weight is 224 g/mol. The van der Waals surface area contributed by atoms with Gasteiger partial charge in [0.25, 0.3) is 0 Å². The topological polar surface area (TPSA) is 63.4 Å². The molecule has 4 nitrogen and oxygen atoms in total. The van der Waals surface area contributed by atoms with Crippen LogP contribution >= 0.6 is 0 Å². The summed E-state index contributed by atoms with van der Waals surface area (Å²) in [5.41, 5.74) is 5.43. The summed E-state index contributed by atoms with van der Waals surface area (Å²) in [7, 11) is 0. The van der Waals surface area contributed by atoms with Gasteiger partial charge in [0.15, 0.2) is 0 Å². The Labute approximate surface area is 96.2 Å². The second-order valence-electron chi connectivity index (χ2n) is 5.08. The van der Waals surface area contributed by atoms with E-state index in [-0.39, 0.29) is 17.7 Å². The van der Waals surface area contributed by atoms with Crippen molar-refractivity contribution >= 4 is 11.8 Å². The Morgan fingerprint density at radius 3 is 2.50 bits per heavy atom. The highest BCUT2D eigenvalue weighted by Gasteiger charge is 2.44. The number of fused-ring (bicyclic) bond motifs is 2. The first kappa shape index (κ1) is 11.6. The summed E-state index contributed by atoms with van der Waals surface area (Å²) < 4.78 is 0. The predicted octanol–water partition coefficient (Wildman–Crippen LogP) is 0.756. The molecule has 2 aliphatic carbocycles. The molecule has 2 bridgehead atoms. The Hall–Kier alpha value is -0.900. The lowest BCUT2D eigenvalue weighted by Crippen LogP contribution is -2.43. The fourth-order valence-corrected chi connectivity index (χ4v) is 3.30. The second kappa shape index (κ2) is 4.53. The van der Waals surface area contributed by atoms with Crippen LogP contribution in [0.4, 0.5) is 0 Å². The first-order valence-electron chi connectivity index (χ1n) is 6.15. The molecular weight excluding hydrogens is 204 g/mol. The zero-order chi connectivity index (χ0) is 11.7. The van der Waals surface area contributed by atoms with Crippen LogP contribution in [0.15, 0.2) is 0 Å². The molecule has 4 heteroatoms. The van der Waals surface area contributed by atoms with Crippen molar-refractivity contribution in [2.24, 2.45) is 23.5 Å². The van der Waals surface area contributed by atoms with Gasteiger partial charge >= 0.3 is 0 Å². The van der Waals surface area contributed by atoms with Gasteiger partial charge in [0.2, 0.25) is 11.8 Å². The van der Waals surface area contributed by atoms with Gasteiger partial charge in [-0.05, 0) is 31.1 Å². The molecule has 0 radical (unpaired) electrons. The van der Waals surface area contributed by atoms with Crippen molar-refractivity contribution in [3.8, 4) is 0 Å². The van der Waals surface area contributed by atoms with Gasteiger partial charge < -0.3 is 5.73 Å². The first-order chi connectivity index (χ1) is 7.63. The summed E-state index contributed by atoms with van der Waals surface area (Å²) in [4.78, 5) is 24.9. The molecule has 2 N–H and O–H groups in total. The molecule has 0 aromatic heterocycles. The Kier molecular flexibility index (Phi) is 3.28. The second-order valence-corrected chi connectivity index (χ2v) is 5.08. The summed E-state index contributed by atoms with van der Waals surface area (Å²) in [6, 6.07) is 0. The number of nitrogens with two attached hydrogens (primary N) is 1. The van der Waals surface area contributed by atoms with Crippen LogP contribution < -0.4 is 5.73 Å². The molecule has 16 heavy (non-hydrogen) atoms. The predicted molar refractivity (Wildman–Crippen MR) is 60.4 cm³/mol. The Bertz CT molecular complexity index is 303. The Morgan fingerprint density at radius 2 is 2.06 bits per heavy atom. The van der Waals surface area contributed by atoms with Crippen molar-refractivity contribution in [2.45, 2.75) is 32.6 Å². The maximum atomic E-state index is 12.2. The van der Waals surface area contributed by atoms with Crippen molar-refractivity contribution in [1.29, 1.82) is 0 Å². The smallest absolute Gasteiger partial charge is 0.232 e. The van der Waals surface area contributed by atoms with Crippen LogP contribution in [0.2, 0.25) is 0 Å². The van der Waals surface area contributed by atoms with Gasteiger partial charge in [0.05, 0.1) is 0 Å². The SMILES string of the molecule is CC(=O)N(CCN)C(=O)C1CC2CCC1C2. The number of amides is 2. The highest BCUT2D eigenvalue weighted by molar-refractivity contribution is 5.95. The van der Waals surface area contributed by atoms with Crippen molar-refractivity contribution < 1.29 is 9.59 Å². The van der Waals surface area contributed by atoms with Gasteiger partial charge in [0, 0.05) is 25.9 Å². The summed E-state index contributed by atoms with van der Waals surface area (Å²) in [6.07, 6.45) is 4.60. The molecule has 0 aromatic carbocycles. The van der Waals surface area contributed by atoms with Gasteiger partial charge in [-0.15, -0.1) is 0 Å². The minimum Gasteiger partial charge on any atom is -0.329 e. The van der Waals surface area contributed by atoms with Crippen LogP contribution in [0.1, 0.15) is 32.6 Å². The van der Waals surface area contributed by atoms with Crippen molar-refractivity contribution in [3.05, 3.63) is 0 Å². The third kappa shape index (κ3) is 1.98. The molecule has 3 atom stereocenters. The van der Waals surface area contributed by atoms with Crippen molar-refractivity contribution in [1.82, 2.24) is 4.90 Å². The zero-order valence-electron chi connectivity index (χ0n) is 9.82. The number of carbonyl (C=O) groups excluding carboxylic acids is 2. The number of hydrogen-bond donors (Lipinski definition) is 1. The van der Waals surface area contributed by atoms with Gasteiger partial charge in [-0.1, -0.05) is 6.42 Å². The van der Waals surface area contributed by atoms with E-state index in [0.717, 1.165) is 18.8 Å². The maximum Gasteiger partial charge on any atom is 0.232 e. The van der Waals surface area contributed by atoms with Crippen molar-refractivity contribution in [3.63, 3.8) is 0 Å². The van der Waals surface area contributed by atoms with Gasteiger partial charge in [0.1, 0.15) is 0 Å². The van der Waals surface area contributed by atoms with Crippen LogP contribution in [-0.2, 0) is 9.59 Å². The van der Waals surface area contributed by atoms with E-state index in [4.69, 9.17) is 5.73 Å². The number of rotatable bonds is 3. The lowest BCUT2D eigenvalue weighted by molar-refractivity contribution is -0.147. The monoisotopic (exact) mass is 224 g/mol. The molecule has 0 heterocycles. The van der Waals surface area contributed by atoms with E-state index >= 15 is 0 Å². The zero-order valence-corrected chi connectivity index (χ0v) is 9.82. The number of nitrogens with zero attached hydrogens (tertiary/aromatic N) is 1. The van der Waals surface area contributed by atoms with Gasteiger partial charge in [-0.3, -0.25) is 14.5 Å². The number of hydrogen-bond acceptors (Lipinski definition) is 3. The summed E-state index contributed by atoms with van der Waals surface area (Å²) >= 11 is 0. The third-order valence-corrected chi connectivity index (χ3v) is 4.05. The first-order valence-corrected chi connectivity index (χ1v) is 6.15. The third-order valence-electron chi connectivity index (χ3n) is 4.05. The largest absolute Gasteiger partial charge is 0.329 e. The van der Waals surface area contributed by atoms with Crippen LogP contribution in [0, 0.1) is 17.8 Å². The van der Waals surface area contributed by atoms with E-state index in [1.165, 1.54) is 24.7 Å². The highest BCUT2D eigenvalue weighted by atomic mass is 16.2. The molecule has 2 saturated carbocycles. The van der Waals surface area contributed by atoms with Crippen LogP contribution in [-0.4, -0.2) is 29.8 Å². The summed E-state index contributed by atoms with van der Waals surface area (Å²) in [5, 5.41) is 0. The molecule has 2 amide bonds. The number of imide groups is 1. The van der Waals surface area contributed by atoms with Crippen LogP contribution in [0.3, 0.4) is 0 Å². The standard InChI is InChI=1S/C12H20N2O2/c1-8(15)14(5-4-13)12(16)11-7-9-2-3-10(11)6-9/h9-11H,2-7,13H2,1H3. The lowest BCUT2D eigenvalue weighted by atomic mass is 9.87.